The molecular formula is C22H19N3O3. The minimum atomic E-state index is -0.599. The highest BCUT2D eigenvalue weighted by Gasteiger charge is 2.20. The van der Waals surface area contributed by atoms with Gasteiger partial charge in [0, 0.05) is 37.1 Å². The Morgan fingerprint density at radius 3 is 2.57 bits per heavy atom. The summed E-state index contributed by atoms with van der Waals surface area (Å²) in [6, 6.07) is 18.7. The molecule has 0 fully saturated rings. The summed E-state index contributed by atoms with van der Waals surface area (Å²) in [4.78, 5) is 25.1. The fourth-order valence-electron chi connectivity index (χ4n) is 3.31. The van der Waals surface area contributed by atoms with Gasteiger partial charge < -0.3 is 19.6 Å². The highest BCUT2D eigenvalue weighted by Crippen LogP contribution is 2.23. The van der Waals surface area contributed by atoms with E-state index in [4.69, 9.17) is 0 Å². The smallest absolute Gasteiger partial charge is 0.293 e. The lowest BCUT2D eigenvalue weighted by molar-refractivity contribution is 0.0949. The van der Waals surface area contributed by atoms with Gasteiger partial charge in [0.2, 0.25) is 0 Å². The van der Waals surface area contributed by atoms with E-state index >= 15 is 0 Å². The van der Waals surface area contributed by atoms with Crippen LogP contribution in [-0.2, 0) is 13.6 Å². The molecule has 0 saturated carbocycles. The fourth-order valence-corrected chi connectivity index (χ4v) is 3.31. The molecule has 0 saturated heterocycles. The molecule has 2 heterocycles. The number of para-hydroxylation sites is 1. The van der Waals surface area contributed by atoms with Crippen molar-refractivity contribution in [3.8, 4) is 11.4 Å². The molecule has 0 aliphatic rings. The van der Waals surface area contributed by atoms with Crippen LogP contribution in [0.15, 0.2) is 77.9 Å². The van der Waals surface area contributed by atoms with Crippen LogP contribution in [0.25, 0.3) is 16.6 Å². The molecule has 0 atom stereocenters. The number of amides is 1. The van der Waals surface area contributed by atoms with E-state index in [2.05, 4.69) is 5.32 Å². The van der Waals surface area contributed by atoms with Crippen molar-refractivity contribution >= 4 is 16.8 Å². The maximum absolute atomic E-state index is 12.8. The Labute approximate surface area is 161 Å². The maximum Gasteiger partial charge on any atom is 0.293 e. The summed E-state index contributed by atoms with van der Waals surface area (Å²) < 4.78 is 3.31. The lowest BCUT2D eigenvalue weighted by Crippen LogP contribution is -2.27. The SMILES string of the molecule is Cn1c(=O)c(O)c(C(=O)NCc2cccc(-n3cccc3)c2)c2ccccc21. The van der Waals surface area contributed by atoms with E-state index in [1.165, 1.54) is 4.57 Å². The molecule has 140 valence electrons. The summed E-state index contributed by atoms with van der Waals surface area (Å²) in [6.45, 7) is 0.275. The predicted molar refractivity (Wildman–Crippen MR) is 108 cm³/mol. The van der Waals surface area contributed by atoms with E-state index in [9.17, 15) is 14.7 Å². The molecule has 28 heavy (non-hydrogen) atoms. The average molecular weight is 373 g/mol. The average Bonchev–Trinajstić information content (AvgIpc) is 3.26. The van der Waals surface area contributed by atoms with Crippen LogP contribution in [-0.4, -0.2) is 20.1 Å². The largest absolute Gasteiger partial charge is 0.502 e. The summed E-state index contributed by atoms with van der Waals surface area (Å²) in [7, 11) is 1.57. The second kappa shape index (κ2) is 7.08. The van der Waals surface area contributed by atoms with Gasteiger partial charge >= 0.3 is 0 Å². The molecule has 0 unspecified atom stereocenters. The monoisotopic (exact) mass is 373 g/mol. The van der Waals surface area contributed by atoms with Gasteiger partial charge in [-0.3, -0.25) is 9.59 Å². The first-order chi connectivity index (χ1) is 13.6. The van der Waals surface area contributed by atoms with Gasteiger partial charge in [0.1, 0.15) is 0 Å². The number of benzene rings is 2. The van der Waals surface area contributed by atoms with Gasteiger partial charge in [0.25, 0.3) is 11.5 Å². The molecule has 0 aliphatic carbocycles. The molecule has 0 aliphatic heterocycles. The Kier molecular flexibility index (Phi) is 4.45. The van der Waals surface area contributed by atoms with Gasteiger partial charge in [-0.1, -0.05) is 30.3 Å². The number of hydrogen-bond acceptors (Lipinski definition) is 3. The minimum absolute atomic E-state index is 0.000245. The second-order valence-electron chi connectivity index (χ2n) is 6.55. The normalized spacial score (nSPS) is 10.9. The molecule has 2 N–H and O–H groups in total. The van der Waals surface area contributed by atoms with Crippen molar-refractivity contribution in [3.05, 3.63) is 94.5 Å². The van der Waals surface area contributed by atoms with E-state index in [1.54, 1.807) is 31.3 Å². The molecule has 6 nitrogen and oxygen atoms in total. The first-order valence-corrected chi connectivity index (χ1v) is 8.87. The summed E-state index contributed by atoms with van der Waals surface area (Å²) in [5.74, 6) is -1.03. The quantitative estimate of drug-likeness (QED) is 0.577. The van der Waals surface area contributed by atoms with Gasteiger partial charge in [-0.25, -0.2) is 0 Å². The van der Waals surface area contributed by atoms with Crippen LogP contribution in [0.3, 0.4) is 0 Å². The molecule has 4 rings (SSSR count). The van der Waals surface area contributed by atoms with Gasteiger partial charge in [-0.05, 0) is 35.9 Å². The molecule has 0 spiro atoms. The van der Waals surface area contributed by atoms with Crippen LogP contribution in [0.4, 0.5) is 0 Å². The zero-order valence-corrected chi connectivity index (χ0v) is 15.3. The van der Waals surface area contributed by atoms with Gasteiger partial charge in [-0.15, -0.1) is 0 Å². The summed E-state index contributed by atoms with van der Waals surface area (Å²) in [5, 5.41) is 13.7. The third-order valence-electron chi connectivity index (χ3n) is 4.77. The molecular weight excluding hydrogens is 354 g/mol. The molecule has 1 amide bonds. The van der Waals surface area contributed by atoms with E-state index < -0.39 is 17.2 Å². The fraction of sp³-hybridized carbons (Fsp3) is 0.0909. The van der Waals surface area contributed by atoms with E-state index in [-0.39, 0.29) is 12.1 Å². The van der Waals surface area contributed by atoms with Crippen molar-refractivity contribution in [2.24, 2.45) is 7.05 Å². The van der Waals surface area contributed by atoms with Crippen molar-refractivity contribution < 1.29 is 9.90 Å². The molecule has 0 radical (unpaired) electrons. The summed E-state index contributed by atoms with van der Waals surface area (Å²) >= 11 is 0. The number of aromatic hydroxyl groups is 1. The summed E-state index contributed by atoms with van der Waals surface area (Å²) in [5.41, 5.74) is 1.88. The first kappa shape index (κ1) is 17.6. The van der Waals surface area contributed by atoms with Gasteiger partial charge in [0.05, 0.1) is 11.1 Å². The Balaban J connectivity index is 1.64. The van der Waals surface area contributed by atoms with Crippen molar-refractivity contribution in [2.75, 3.05) is 0 Å². The third-order valence-corrected chi connectivity index (χ3v) is 4.77. The molecule has 0 bridgehead atoms. The third kappa shape index (κ3) is 3.05. The molecule has 4 aromatic rings. The Morgan fingerprint density at radius 2 is 1.79 bits per heavy atom. The van der Waals surface area contributed by atoms with E-state index in [1.807, 2.05) is 53.4 Å². The molecule has 2 aromatic carbocycles. The van der Waals surface area contributed by atoms with Gasteiger partial charge in [-0.2, -0.15) is 0 Å². The number of aryl methyl sites for hydroxylation is 1. The predicted octanol–water partition coefficient (Wildman–Crippen LogP) is 2.96. The zero-order chi connectivity index (χ0) is 19.7. The number of hydrogen-bond donors (Lipinski definition) is 2. The van der Waals surface area contributed by atoms with E-state index in [0.717, 1.165) is 11.3 Å². The number of rotatable bonds is 4. The lowest BCUT2D eigenvalue weighted by Gasteiger charge is -2.13. The van der Waals surface area contributed by atoms with Crippen molar-refractivity contribution in [1.29, 1.82) is 0 Å². The van der Waals surface area contributed by atoms with E-state index in [0.29, 0.717) is 10.9 Å². The Morgan fingerprint density at radius 1 is 1.04 bits per heavy atom. The molecule has 2 aromatic heterocycles. The number of nitrogens with one attached hydrogen (secondary N) is 1. The Bertz CT molecular complexity index is 1220. The number of nitrogens with zero attached hydrogens (tertiary/aromatic N) is 2. The highest BCUT2D eigenvalue weighted by molar-refractivity contribution is 6.08. The zero-order valence-electron chi connectivity index (χ0n) is 15.3. The van der Waals surface area contributed by atoms with Gasteiger partial charge in [0.15, 0.2) is 5.75 Å². The topological polar surface area (TPSA) is 76.3 Å². The number of pyridine rings is 1. The Hall–Kier alpha value is -3.80. The van der Waals surface area contributed by atoms with Crippen LogP contribution in [0.2, 0.25) is 0 Å². The van der Waals surface area contributed by atoms with Crippen molar-refractivity contribution in [3.63, 3.8) is 0 Å². The first-order valence-electron chi connectivity index (χ1n) is 8.87. The maximum atomic E-state index is 12.8. The van der Waals surface area contributed by atoms with Crippen LogP contribution < -0.4 is 10.9 Å². The number of aromatic nitrogens is 2. The van der Waals surface area contributed by atoms with Crippen molar-refractivity contribution in [1.82, 2.24) is 14.5 Å². The van der Waals surface area contributed by atoms with Crippen LogP contribution in [0.1, 0.15) is 15.9 Å². The van der Waals surface area contributed by atoms with Crippen LogP contribution in [0, 0.1) is 0 Å². The van der Waals surface area contributed by atoms with Crippen LogP contribution >= 0.6 is 0 Å². The number of carbonyl (C=O) groups is 1. The van der Waals surface area contributed by atoms with Crippen molar-refractivity contribution in [2.45, 2.75) is 6.54 Å². The minimum Gasteiger partial charge on any atom is -0.502 e. The summed E-state index contributed by atoms with van der Waals surface area (Å²) in [6.07, 6.45) is 3.89. The highest BCUT2D eigenvalue weighted by atomic mass is 16.3. The second-order valence-corrected chi connectivity index (χ2v) is 6.55. The van der Waals surface area contributed by atoms with Crippen LogP contribution in [0.5, 0.6) is 5.75 Å². The number of fused-ring (bicyclic) bond motifs is 1. The molecule has 6 heteroatoms. The lowest BCUT2D eigenvalue weighted by atomic mass is 10.1. The standard InChI is InChI=1S/C22H19N3O3/c1-24-18-10-3-2-9-17(18)19(20(26)22(24)28)21(27)23-14-15-7-6-8-16(13-15)25-11-4-5-12-25/h2-13,26H,14H2,1H3,(H,23,27). The number of carbonyl (C=O) groups excluding carboxylic acids is 1.